The highest BCUT2D eigenvalue weighted by Crippen LogP contribution is 2.22. The van der Waals surface area contributed by atoms with Crippen LogP contribution in [0, 0.1) is 0 Å². The molecule has 2 heterocycles. The lowest BCUT2D eigenvalue weighted by Crippen LogP contribution is -2.24. The van der Waals surface area contributed by atoms with E-state index in [-0.39, 0.29) is 12.4 Å². The number of H-pyrrole nitrogens is 1. The average Bonchev–Trinajstić information content (AvgIpc) is 2.73. The Balaban J connectivity index is 1.70. The summed E-state index contributed by atoms with van der Waals surface area (Å²) in [6.45, 7) is 0.169. The number of aromatic nitrogens is 2. The van der Waals surface area contributed by atoms with Crippen LogP contribution in [0.25, 0.3) is 11.0 Å². The zero-order valence-corrected chi connectivity index (χ0v) is 9.48. The van der Waals surface area contributed by atoms with Gasteiger partial charge in [0.25, 0.3) is 0 Å². The number of rotatable bonds is 4. The maximum absolute atomic E-state index is 11.9. The van der Waals surface area contributed by atoms with Gasteiger partial charge in [-0.05, 0) is 31.4 Å². The van der Waals surface area contributed by atoms with Gasteiger partial charge < -0.3 is 9.72 Å². The molecule has 2 aromatic rings. The lowest BCUT2D eigenvalue weighted by Gasteiger charge is -2.24. The fourth-order valence-electron chi connectivity index (χ4n) is 1.91. The standard InChI is InChI=1S/C13H14N2O2/c16-12(8-17-11-2-1-3-11)10-6-9-4-5-14-13(9)15-7-10/h4-7,11H,1-3,8H2,(H,14,15). The summed E-state index contributed by atoms with van der Waals surface area (Å²) in [6.07, 6.45) is 7.10. The van der Waals surface area contributed by atoms with E-state index in [1.807, 2.05) is 18.3 Å². The van der Waals surface area contributed by atoms with Crippen molar-refractivity contribution in [2.75, 3.05) is 6.61 Å². The lowest BCUT2D eigenvalue weighted by molar-refractivity contribution is 0.00730. The van der Waals surface area contributed by atoms with Crippen LogP contribution in [0.2, 0.25) is 0 Å². The van der Waals surface area contributed by atoms with Crippen molar-refractivity contribution in [3.63, 3.8) is 0 Å². The van der Waals surface area contributed by atoms with E-state index in [4.69, 9.17) is 4.74 Å². The van der Waals surface area contributed by atoms with E-state index in [0.29, 0.717) is 11.7 Å². The molecule has 3 rings (SSSR count). The molecule has 0 saturated heterocycles. The Morgan fingerprint density at radius 3 is 3.18 bits per heavy atom. The van der Waals surface area contributed by atoms with Crippen LogP contribution in [0.3, 0.4) is 0 Å². The number of ketones is 1. The third kappa shape index (κ3) is 2.08. The number of hydrogen-bond donors (Lipinski definition) is 1. The van der Waals surface area contributed by atoms with Crippen LogP contribution in [0.15, 0.2) is 24.5 Å². The number of nitrogens with zero attached hydrogens (tertiary/aromatic N) is 1. The summed E-state index contributed by atoms with van der Waals surface area (Å²) in [5.74, 6) is 0.00694. The first-order chi connectivity index (χ1) is 8.33. The summed E-state index contributed by atoms with van der Waals surface area (Å²) in [5, 5.41) is 0.958. The molecule has 17 heavy (non-hydrogen) atoms. The second-order valence-electron chi connectivity index (χ2n) is 4.43. The molecule has 0 aliphatic heterocycles. The van der Waals surface area contributed by atoms with Crippen LogP contribution in [-0.4, -0.2) is 28.5 Å². The second kappa shape index (κ2) is 4.30. The molecule has 0 spiro atoms. The number of fused-ring (bicyclic) bond motifs is 1. The number of aromatic amines is 1. The van der Waals surface area contributed by atoms with Gasteiger partial charge in [0, 0.05) is 23.3 Å². The number of ether oxygens (including phenoxy) is 1. The number of pyridine rings is 1. The van der Waals surface area contributed by atoms with E-state index < -0.39 is 0 Å². The Morgan fingerprint density at radius 2 is 2.41 bits per heavy atom. The normalized spacial score (nSPS) is 16.0. The Kier molecular flexibility index (Phi) is 2.65. The van der Waals surface area contributed by atoms with Gasteiger partial charge in [-0.25, -0.2) is 4.98 Å². The summed E-state index contributed by atoms with van der Waals surface area (Å²) in [6, 6.07) is 3.76. The Bertz CT molecular complexity index is 543. The minimum atomic E-state index is 0.00694. The highest BCUT2D eigenvalue weighted by Gasteiger charge is 2.19. The molecule has 0 radical (unpaired) electrons. The fourth-order valence-corrected chi connectivity index (χ4v) is 1.91. The summed E-state index contributed by atoms with van der Waals surface area (Å²) < 4.78 is 5.50. The van der Waals surface area contributed by atoms with Crippen LogP contribution in [0.5, 0.6) is 0 Å². The van der Waals surface area contributed by atoms with Crippen molar-refractivity contribution in [2.45, 2.75) is 25.4 Å². The second-order valence-corrected chi connectivity index (χ2v) is 4.43. The van der Waals surface area contributed by atoms with Crippen LogP contribution in [0.4, 0.5) is 0 Å². The van der Waals surface area contributed by atoms with Crippen LogP contribution in [0.1, 0.15) is 29.6 Å². The van der Waals surface area contributed by atoms with Gasteiger partial charge in [0.2, 0.25) is 0 Å². The number of carbonyl (C=O) groups is 1. The zero-order chi connectivity index (χ0) is 11.7. The molecule has 0 unspecified atom stereocenters. The van der Waals surface area contributed by atoms with Gasteiger partial charge in [-0.1, -0.05) is 0 Å². The molecule has 0 amide bonds. The Hall–Kier alpha value is -1.68. The average molecular weight is 230 g/mol. The molecular weight excluding hydrogens is 216 g/mol. The Labute approximate surface area is 99.0 Å². The fraction of sp³-hybridized carbons (Fsp3) is 0.385. The van der Waals surface area contributed by atoms with Crippen LogP contribution in [-0.2, 0) is 4.74 Å². The van der Waals surface area contributed by atoms with E-state index in [1.165, 1.54) is 6.42 Å². The molecule has 0 atom stereocenters. The summed E-state index contributed by atoms with van der Waals surface area (Å²) in [7, 11) is 0. The topological polar surface area (TPSA) is 55.0 Å². The molecule has 1 saturated carbocycles. The van der Waals surface area contributed by atoms with E-state index in [2.05, 4.69) is 9.97 Å². The predicted octanol–water partition coefficient (Wildman–Crippen LogP) is 2.31. The summed E-state index contributed by atoms with van der Waals surface area (Å²) >= 11 is 0. The summed E-state index contributed by atoms with van der Waals surface area (Å²) in [5.41, 5.74) is 1.43. The SMILES string of the molecule is O=C(COC1CCC1)c1cnc2[nH]ccc2c1. The molecule has 0 aromatic carbocycles. The van der Waals surface area contributed by atoms with Crippen LogP contribution < -0.4 is 0 Å². The van der Waals surface area contributed by atoms with Gasteiger partial charge in [-0.2, -0.15) is 0 Å². The van der Waals surface area contributed by atoms with Gasteiger partial charge in [0.15, 0.2) is 5.78 Å². The van der Waals surface area contributed by atoms with Crippen molar-refractivity contribution in [1.82, 2.24) is 9.97 Å². The van der Waals surface area contributed by atoms with Crippen molar-refractivity contribution in [3.8, 4) is 0 Å². The molecule has 2 aromatic heterocycles. The van der Waals surface area contributed by atoms with Crippen LogP contribution >= 0.6 is 0 Å². The number of Topliss-reactive ketones (excluding diaryl/α,β-unsaturated/α-hetero) is 1. The first-order valence-corrected chi connectivity index (χ1v) is 5.91. The van der Waals surface area contributed by atoms with Crippen molar-refractivity contribution >= 4 is 16.8 Å². The highest BCUT2D eigenvalue weighted by molar-refractivity contribution is 5.99. The Morgan fingerprint density at radius 1 is 1.53 bits per heavy atom. The van der Waals surface area contributed by atoms with Gasteiger partial charge in [-0.15, -0.1) is 0 Å². The quantitative estimate of drug-likeness (QED) is 0.820. The van der Waals surface area contributed by atoms with E-state index in [9.17, 15) is 4.79 Å². The molecule has 1 aliphatic rings. The summed E-state index contributed by atoms with van der Waals surface area (Å²) in [4.78, 5) is 19.1. The van der Waals surface area contributed by atoms with Gasteiger partial charge in [0.05, 0.1) is 6.10 Å². The third-order valence-electron chi connectivity index (χ3n) is 3.22. The smallest absolute Gasteiger partial charge is 0.190 e. The minimum absolute atomic E-state index is 0.00694. The molecular formula is C13H14N2O2. The first-order valence-electron chi connectivity index (χ1n) is 5.91. The number of carbonyl (C=O) groups excluding carboxylic acids is 1. The molecule has 4 nitrogen and oxygen atoms in total. The van der Waals surface area contributed by atoms with Gasteiger partial charge >= 0.3 is 0 Å². The van der Waals surface area contributed by atoms with Gasteiger partial charge in [0.1, 0.15) is 12.3 Å². The predicted molar refractivity (Wildman–Crippen MR) is 64.0 cm³/mol. The van der Waals surface area contributed by atoms with E-state index >= 15 is 0 Å². The minimum Gasteiger partial charge on any atom is -0.370 e. The molecule has 1 N–H and O–H groups in total. The highest BCUT2D eigenvalue weighted by atomic mass is 16.5. The van der Waals surface area contributed by atoms with Crippen molar-refractivity contribution in [1.29, 1.82) is 0 Å². The maximum atomic E-state index is 11.9. The lowest BCUT2D eigenvalue weighted by atomic mass is 9.96. The third-order valence-corrected chi connectivity index (χ3v) is 3.22. The first kappa shape index (κ1) is 10.5. The number of hydrogen-bond acceptors (Lipinski definition) is 3. The molecule has 1 fully saturated rings. The monoisotopic (exact) mass is 230 g/mol. The molecule has 88 valence electrons. The zero-order valence-electron chi connectivity index (χ0n) is 9.48. The molecule has 4 heteroatoms. The van der Waals surface area contributed by atoms with Crippen molar-refractivity contribution < 1.29 is 9.53 Å². The number of nitrogens with one attached hydrogen (secondary N) is 1. The van der Waals surface area contributed by atoms with Crippen molar-refractivity contribution in [3.05, 3.63) is 30.1 Å². The van der Waals surface area contributed by atoms with Crippen molar-refractivity contribution in [2.24, 2.45) is 0 Å². The largest absolute Gasteiger partial charge is 0.370 e. The molecule has 1 aliphatic carbocycles. The maximum Gasteiger partial charge on any atom is 0.190 e. The van der Waals surface area contributed by atoms with E-state index in [1.54, 1.807) is 6.20 Å². The van der Waals surface area contributed by atoms with Gasteiger partial charge in [-0.3, -0.25) is 4.79 Å². The van der Waals surface area contributed by atoms with E-state index in [0.717, 1.165) is 23.9 Å². The molecule has 0 bridgehead atoms.